The highest BCUT2D eigenvalue weighted by Gasteiger charge is 2.12. The highest BCUT2D eigenvalue weighted by molar-refractivity contribution is 9.10. The van der Waals surface area contributed by atoms with E-state index < -0.39 is 4.92 Å². The Morgan fingerprint density at radius 3 is 2.70 bits per heavy atom. The zero-order chi connectivity index (χ0) is 14.7. The van der Waals surface area contributed by atoms with Crippen molar-refractivity contribution < 1.29 is 4.92 Å². The summed E-state index contributed by atoms with van der Waals surface area (Å²) >= 11 is 3.46. The number of nitrogens with one attached hydrogen (secondary N) is 2. The van der Waals surface area contributed by atoms with Gasteiger partial charge in [-0.2, -0.15) is 0 Å². The average molecular weight is 338 g/mol. The maximum atomic E-state index is 10.9. The predicted octanol–water partition coefficient (Wildman–Crippen LogP) is 3.09. The minimum absolute atomic E-state index is 0.0979. The number of nitrogens with zero attached hydrogens (tertiary/aromatic N) is 2. The van der Waals surface area contributed by atoms with E-state index in [4.69, 9.17) is 5.84 Å². The molecule has 2 aromatic rings. The molecule has 0 unspecified atom stereocenters. The van der Waals surface area contributed by atoms with Gasteiger partial charge in [0.2, 0.25) is 0 Å². The molecule has 0 aliphatic carbocycles. The molecule has 20 heavy (non-hydrogen) atoms. The van der Waals surface area contributed by atoms with E-state index in [1.54, 1.807) is 0 Å². The average Bonchev–Trinajstić information content (AvgIpc) is 2.43. The molecule has 1 heterocycles. The lowest BCUT2D eigenvalue weighted by Gasteiger charge is -2.10. The summed E-state index contributed by atoms with van der Waals surface area (Å²) in [7, 11) is 0. The number of nitro groups is 1. The molecule has 7 nitrogen and oxygen atoms in total. The molecule has 2 rings (SSSR count). The number of pyridine rings is 1. The largest absolute Gasteiger partial charge is 0.339 e. The topological polar surface area (TPSA) is 106 Å². The Kier molecular flexibility index (Phi) is 4.16. The summed E-state index contributed by atoms with van der Waals surface area (Å²) in [5, 5.41) is 13.9. The SMILES string of the molecule is Cc1cccc(Nc2cc([N+](=O)[O-])cc(NN)n2)c1Br. The third kappa shape index (κ3) is 3.03. The second-order valence-corrected chi connectivity index (χ2v) is 4.85. The first-order chi connectivity index (χ1) is 9.51. The maximum Gasteiger partial charge on any atom is 0.276 e. The molecule has 0 atom stereocenters. The molecule has 0 bridgehead atoms. The minimum Gasteiger partial charge on any atom is -0.339 e. The first kappa shape index (κ1) is 14.2. The van der Waals surface area contributed by atoms with Crippen molar-refractivity contribution in [2.45, 2.75) is 6.92 Å². The zero-order valence-corrected chi connectivity index (χ0v) is 12.1. The second kappa shape index (κ2) is 5.85. The third-order valence-electron chi connectivity index (χ3n) is 2.62. The van der Waals surface area contributed by atoms with Gasteiger partial charge in [0.15, 0.2) is 0 Å². The van der Waals surface area contributed by atoms with Crippen LogP contribution in [0, 0.1) is 17.0 Å². The van der Waals surface area contributed by atoms with Crippen LogP contribution in [0.15, 0.2) is 34.8 Å². The molecule has 0 saturated heterocycles. The van der Waals surface area contributed by atoms with Crippen LogP contribution in [0.2, 0.25) is 0 Å². The van der Waals surface area contributed by atoms with Crippen molar-refractivity contribution >= 4 is 38.9 Å². The van der Waals surface area contributed by atoms with Gasteiger partial charge < -0.3 is 10.7 Å². The quantitative estimate of drug-likeness (QED) is 0.449. The number of hydrazine groups is 1. The van der Waals surface area contributed by atoms with Crippen LogP contribution in [-0.4, -0.2) is 9.91 Å². The smallest absolute Gasteiger partial charge is 0.276 e. The van der Waals surface area contributed by atoms with E-state index in [2.05, 4.69) is 31.7 Å². The van der Waals surface area contributed by atoms with Crippen molar-refractivity contribution in [2.75, 3.05) is 10.7 Å². The Hall–Kier alpha value is -2.19. The molecule has 0 aliphatic heterocycles. The second-order valence-electron chi connectivity index (χ2n) is 4.06. The number of aromatic nitrogens is 1. The van der Waals surface area contributed by atoms with Crippen molar-refractivity contribution in [1.29, 1.82) is 0 Å². The fourth-order valence-electron chi connectivity index (χ4n) is 1.64. The van der Waals surface area contributed by atoms with Crippen LogP contribution in [-0.2, 0) is 0 Å². The van der Waals surface area contributed by atoms with Gasteiger partial charge in [0.05, 0.1) is 22.7 Å². The number of benzene rings is 1. The Labute approximate surface area is 123 Å². The maximum absolute atomic E-state index is 10.9. The first-order valence-electron chi connectivity index (χ1n) is 5.66. The number of aryl methyl sites for hydroxylation is 1. The molecule has 0 aliphatic rings. The fourth-order valence-corrected chi connectivity index (χ4v) is 2.00. The predicted molar refractivity (Wildman–Crippen MR) is 80.9 cm³/mol. The van der Waals surface area contributed by atoms with Gasteiger partial charge in [-0.25, -0.2) is 10.8 Å². The van der Waals surface area contributed by atoms with Gasteiger partial charge in [-0.15, -0.1) is 0 Å². The Morgan fingerprint density at radius 2 is 2.05 bits per heavy atom. The standard InChI is InChI=1S/C12H12BrN5O2/c1-7-3-2-4-9(12(7)13)15-10-5-8(18(19)20)6-11(16-10)17-14/h2-6H,14H2,1H3,(H2,15,16,17). The van der Waals surface area contributed by atoms with Crippen LogP contribution in [0.25, 0.3) is 0 Å². The lowest BCUT2D eigenvalue weighted by molar-refractivity contribution is -0.384. The Bertz CT molecular complexity index is 662. The summed E-state index contributed by atoms with van der Waals surface area (Å²) in [6.45, 7) is 1.95. The number of hydrogen-bond acceptors (Lipinski definition) is 6. The molecule has 0 saturated carbocycles. The zero-order valence-electron chi connectivity index (χ0n) is 10.6. The summed E-state index contributed by atoms with van der Waals surface area (Å²) in [5.74, 6) is 5.81. The van der Waals surface area contributed by atoms with Crippen LogP contribution in [0.4, 0.5) is 23.0 Å². The van der Waals surface area contributed by atoms with Crippen molar-refractivity contribution in [1.82, 2.24) is 4.98 Å². The molecule has 0 radical (unpaired) electrons. The van der Waals surface area contributed by atoms with Crippen molar-refractivity contribution in [3.05, 3.63) is 50.5 Å². The van der Waals surface area contributed by atoms with Gasteiger partial charge >= 0.3 is 0 Å². The minimum atomic E-state index is -0.501. The summed E-state index contributed by atoms with van der Waals surface area (Å²) in [6.07, 6.45) is 0. The van der Waals surface area contributed by atoms with Gasteiger partial charge in [0.25, 0.3) is 5.69 Å². The van der Waals surface area contributed by atoms with E-state index in [1.165, 1.54) is 12.1 Å². The normalized spacial score (nSPS) is 10.2. The van der Waals surface area contributed by atoms with E-state index in [0.717, 1.165) is 15.7 Å². The first-order valence-corrected chi connectivity index (χ1v) is 6.46. The van der Waals surface area contributed by atoms with Crippen molar-refractivity contribution in [3.8, 4) is 0 Å². The van der Waals surface area contributed by atoms with Crippen LogP contribution < -0.4 is 16.6 Å². The van der Waals surface area contributed by atoms with Crippen LogP contribution >= 0.6 is 15.9 Å². The van der Waals surface area contributed by atoms with Crippen molar-refractivity contribution in [2.24, 2.45) is 5.84 Å². The third-order valence-corrected chi connectivity index (χ3v) is 3.68. The molecule has 0 spiro atoms. The monoisotopic (exact) mass is 337 g/mol. The highest BCUT2D eigenvalue weighted by Crippen LogP contribution is 2.29. The molecular weight excluding hydrogens is 326 g/mol. The summed E-state index contributed by atoms with van der Waals surface area (Å²) in [4.78, 5) is 14.5. The number of rotatable bonds is 4. The molecule has 8 heteroatoms. The van der Waals surface area contributed by atoms with E-state index in [-0.39, 0.29) is 11.5 Å². The van der Waals surface area contributed by atoms with E-state index in [0.29, 0.717) is 5.82 Å². The number of nitrogen functional groups attached to an aromatic ring is 1. The molecule has 0 fully saturated rings. The Morgan fingerprint density at radius 1 is 1.35 bits per heavy atom. The van der Waals surface area contributed by atoms with Gasteiger partial charge in [-0.05, 0) is 34.5 Å². The molecule has 4 N–H and O–H groups in total. The van der Waals surface area contributed by atoms with Crippen LogP contribution in [0.5, 0.6) is 0 Å². The summed E-state index contributed by atoms with van der Waals surface area (Å²) < 4.78 is 0.871. The lowest BCUT2D eigenvalue weighted by Crippen LogP contribution is -2.10. The number of nitrogens with two attached hydrogens (primary N) is 1. The highest BCUT2D eigenvalue weighted by atomic mass is 79.9. The fraction of sp³-hybridized carbons (Fsp3) is 0.0833. The molecule has 0 amide bonds. The van der Waals surface area contributed by atoms with Crippen LogP contribution in [0.3, 0.4) is 0 Å². The van der Waals surface area contributed by atoms with Gasteiger partial charge in [-0.3, -0.25) is 10.1 Å². The van der Waals surface area contributed by atoms with E-state index in [1.807, 2.05) is 25.1 Å². The van der Waals surface area contributed by atoms with Gasteiger partial charge in [0, 0.05) is 4.47 Å². The number of anilines is 3. The van der Waals surface area contributed by atoms with Gasteiger partial charge in [0.1, 0.15) is 11.6 Å². The molecular formula is C12H12BrN5O2. The summed E-state index contributed by atoms with van der Waals surface area (Å²) in [6, 6.07) is 8.27. The van der Waals surface area contributed by atoms with E-state index in [9.17, 15) is 10.1 Å². The van der Waals surface area contributed by atoms with Gasteiger partial charge in [-0.1, -0.05) is 12.1 Å². The Balaban J connectivity index is 2.40. The number of halogens is 1. The van der Waals surface area contributed by atoms with E-state index >= 15 is 0 Å². The van der Waals surface area contributed by atoms with Crippen LogP contribution in [0.1, 0.15) is 5.56 Å². The summed E-state index contributed by atoms with van der Waals surface area (Å²) in [5.41, 5.74) is 4.01. The van der Waals surface area contributed by atoms with Crippen molar-refractivity contribution in [3.63, 3.8) is 0 Å². The lowest BCUT2D eigenvalue weighted by atomic mass is 10.2. The number of hydrogen-bond donors (Lipinski definition) is 3. The molecule has 104 valence electrons. The molecule has 1 aromatic heterocycles. The molecule has 1 aromatic carbocycles.